The Morgan fingerprint density at radius 3 is 2.71 bits per heavy atom. The van der Waals surface area contributed by atoms with Crippen LogP contribution in [0, 0.1) is 17.1 Å². The van der Waals surface area contributed by atoms with Crippen molar-refractivity contribution in [3.8, 4) is 6.07 Å². The number of halogens is 1. The molecular formula is C21H24FN3O2S. The van der Waals surface area contributed by atoms with Crippen molar-refractivity contribution in [3.63, 3.8) is 0 Å². The molecule has 0 bridgehead atoms. The number of nitrogens with zero attached hydrogens (tertiary/aromatic N) is 1. The molecule has 148 valence electrons. The van der Waals surface area contributed by atoms with E-state index in [2.05, 4.69) is 16.7 Å². The molecule has 1 aliphatic rings. The number of nitrogens with one attached hydrogen (secondary N) is 2. The van der Waals surface area contributed by atoms with E-state index >= 15 is 0 Å². The molecule has 1 unspecified atom stereocenters. The number of hydrogen-bond donors (Lipinski definition) is 3. The molecule has 0 aliphatic heterocycles. The summed E-state index contributed by atoms with van der Waals surface area (Å²) in [5.41, 5.74) is 2.50. The van der Waals surface area contributed by atoms with Crippen LogP contribution in [0.1, 0.15) is 53.3 Å². The highest BCUT2D eigenvalue weighted by Gasteiger charge is 2.21. The maximum atomic E-state index is 13.1. The van der Waals surface area contributed by atoms with Crippen LogP contribution in [0.3, 0.4) is 0 Å². The number of aliphatic hydroxyl groups excluding tert-OH is 1. The van der Waals surface area contributed by atoms with Crippen LogP contribution in [0.2, 0.25) is 0 Å². The third-order valence-corrected chi connectivity index (χ3v) is 6.19. The van der Waals surface area contributed by atoms with Crippen molar-refractivity contribution in [2.45, 2.75) is 44.6 Å². The van der Waals surface area contributed by atoms with E-state index in [9.17, 15) is 19.6 Å². The second-order valence-corrected chi connectivity index (χ2v) is 8.03. The minimum Gasteiger partial charge on any atom is -0.396 e. The molecule has 0 radical (unpaired) electrons. The third kappa shape index (κ3) is 4.96. The van der Waals surface area contributed by atoms with Gasteiger partial charge in [-0.05, 0) is 55.4 Å². The quantitative estimate of drug-likeness (QED) is 0.618. The second-order valence-electron chi connectivity index (χ2n) is 6.93. The summed E-state index contributed by atoms with van der Waals surface area (Å²) in [6.45, 7) is -0.0115. The van der Waals surface area contributed by atoms with Crippen LogP contribution in [-0.2, 0) is 17.6 Å². The number of hydrogen-bond acceptors (Lipinski definition) is 5. The Balaban J connectivity index is 1.65. The van der Waals surface area contributed by atoms with E-state index in [1.807, 2.05) is 0 Å². The number of thiophene rings is 1. The molecule has 1 aromatic carbocycles. The first-order chi connectivity index (χ1) is 13.6. The van der Waals surface area contributed by atoms with E-state index in [0.717, 1.165) is 36.8 Å². The lowest BCUT2D eigenvalue weighted by molar-refractivity contribution is -0.115. The van der Waals surface area contributed by atoms with Gasteiger partial charge in [0, 0.05) is 17.5 Å². The second kappa shape index (κ2) is 9.78. The average molecular weight is 402 g/mol. The van der Waals surface area contributed by atoms with Crippen LogP contribution >= 0.6 is 11.3 Å². The minimum absolute atomic E-state index is 0.0372. The largest absolute Gasteiger partial charge is 0.396 e. The number of rotatable bonds is 7. The first-order valence-corrected chi connectivity index (χ1v) is 10.4. The van der Waals surface area contributed by atoms with Crippen molar-refractivity contribution in [2.75, 3.05) is 18.5 Å². The molecule has 1 amide bonds. The topological polar surface area (TPSA) is 85.2 Å². The fraction of sp³-hybridized carbons (Fsp3) is 0.429. The summed E-state index contributed by atoms with van der Waals surface area (Å²) >= 11 is 1.51. The number of fused-ring (bicyclic) bond motifs is 1. The first kappa shape index (κ1) is 20.5. The Bertz CT molecular complexity index is 858. The molecule has 1 aliphatic carbocycles. The van der Waals surface area contributed by atoms with Crippen LogP contribution in [-0.4, -0.2) is 24.2 Å². The Kier molecular flexibility index (Phi) is 7.15. The van der Waals surface area contributed by atoms with Gasteiger partial charge in [0.25, 0.3) is 0 Å². The Hall–Kier alpha value is -2.27. The van der Waals surface area contributed by atoms with Gasteiger partial charge in [-0.2, -0.15) is 5.26 Å². The molecule has 0 fully saturated rings. The van der Waals surface area contributed by atoms with Crippen LogP contribution in [0.5, 0.6) is 0 Å². The monoisotopic (exact) mass is 401 g/mol. The van der Waals surface area contributed by atoms with Crippen LogP contribution in [0.15, 0.2) is 24.3 Å². The number of aliphatic hydroxyl groups is 1. The third-order valence-electron chi connectivity index (χ3n) is 4.99. The average Bonchev–Trinajstić information content (AvgIpc) is 2.85. The van der Waals surface area contributed by atoms with E-state index in [1.165, 1.54) is 34.8 Å². The van der Waals surface area contributed by atoms with Gasteiger partial charge in [0.05, 0.1) is 12.1 Å². The summed E-state index contributed by atoms with van der Waals surface area (Å²) < 4.78 is 13.1. The Morgan fingerprint density at radius 1 is 1.25 bits per heavy atom. The molecule has 1 atom stereocenters. The summed E-state index contributed by atoms with van der Waals surface area (Å²) in [6, 6.07) is 8.01. The van der Waals surface area contributed by atoms with E-state index in [1.54, 1.807) is 12.1 Å². The van der Waals surface area contributed by atoms with Gasteiger partial charge in [-0.25, -0.2) is 4.39 Å². The summed E-state index contributed by atoms with van der Waals surface area (Å²) in [5, 5.41) is 25.5. The summed E-state index contributed by atoms with van der Waals surface area (Å²) in [5.74, 6) is -0.566. The van der Waals surface area contributed by atoms with Gasteiger partial charge in [-0.3, -0.25) is 4.79 Å². The SMILES string of the molecule is N#Cc1c(NC(=O)CNC(CCO)c2ccc(F)cc2)sc2c1CCCCC2. The molecule has 1 heterocycles. The predicted molar refractivity (Wildman–Crippen MR) is 108 cm³/mol. The van der Waals surface area contributed by atoms with Crippen LogP contribution < -0.4 is 10.6 Å². The summed E-state index contributed by atoms with van der Waals surface area (Å²) in [6.07, 6.45) is 5.64. The van der Waals surface area contributed by atoms with E-state index < -0.39 is 0 Å². The van der Waals surface area contributed by atoms with E-state index in [4.69, 9.17) is 0 Å². The van der Waals surface area contributed by atoms with Gasteiger partial charge in [0.1, 0.15) is 16.9 Å². The summed E-state index contributed by atoms with van der Waals surface area (Å²) in [4.78, 5) is 13.7. The van der Waals surface area contributed by atoms with Gasteiger partial charge in [-0.15, -0.1) is 11.3 Å². The summed E-state index contributed by atoms with van der Waals surface area (Å²) in [7, 11) is 0. The normalized spacial score (nSPS) is 14.6. The number of carbonyl (C=O) groups is 1. The molecular weight excluding hydrogens is 377 g/mol. The molecule has 28 heavy (non-hydrogen) atoms. The molecule has 3 rings (SSSR count). The smallest absolute Gasteiger partial charge is 0.238 e. The van der Waals surface area contributed by atoms with Crippen molar-refractivity contribution in [2.24, 2.45) is 0 Å². The van der Waals surface area contributed by atoms with Crippen molar-refractivity contribution >= 4 is 22.2 Å². The number of carbonyl (C=O) groups excluding carboxylic acids is 1. The minimum atomic E-state index is -0.328. The zero-order valence-electron chi connectivity index (χ0n) is 15.6. The first-order valence-electron chi connectivity index (χ1n) is 9.56. The van der Waals surface area contributed by atoms with Crippen molar-refractivity contribution < 1.29 is 14.3 Å². The lowest BCUT2D eigenvalue weighted by atomic mass is 10.0. The molecule has 0 saturated carbocycles. The molecule has 2 aromatic rings. The van der Waals surface area contributed by atoms with Crippen LogP contribution in [0.4, 0.5) is 9.39 Å². The highest BCUT2D eigenvalue weighted by atomic mass is 32.1. The molecule has 1 aromatic heterocycles. The fourth-order valence-corrected chi connectivity index (χ4v) is 4.80. The van der Waals surface area contributed by atoms with Gasteiger partial charge in [0.2, 0.25) is 5.91 Å². The van der Waals surface area contributed by atoms with Gasteiger partial charge >= 0.3 is 0 Å². The lowest BCUT2D eigenvalue weighted by Crippen LogP contribution is -2.31. The van der Waals surface area contributed by atoms with E-state index in [-0.39, 0.29) is 30.9 Å². The molecule has 0 saturated heterocycles. The zero-order chi connectivity index (χ0) is 19.9. The van der Waals surface area contributed by atoms with Gasteiger partial charge in [-0.1, -0.05) is 18.6 Å². The Morgan fingerprint density at radius 2 is 2.00 bits per heavy atom. The van der Waals surface area contributed by atoms with Crippen molar-refractivity contribution in [1.29, 1.82) is 5.26 Å². The highest BCUT2D eigenvalue weighted by Crippen LogP contribution is 2.36. The molecule has 0 spiro atoms. The maximum absolute atomic E-state index is 13.1. The number of benzene rings is 1. The standard InChI is InChI=1S/C21H24FN3O2S/c22-15-8-6-14(7-9-15)18(10-11-26)24-13-20(27)25-21-17(12-23)16-4-2-1-3-5-19(16)28-21/h6-9,18,24,26H,1-5,10-11,13H2,(H,25,27). The van der Waals surface area contributed by atoms with Crippen LogP contribution in [0.25, 0.3) is 0 Å². The van der Waals surface area contributed by atoms with E-state index in [0.29, 0.717) is 17.0 Å². The fourth-order valence-electron chi connectivity index (χ4n) is 3.55. The zero-order valence-corrected chi connectivity index (χ0v) is 16.4. The molecule has 5 nitrogen and oxygen atoms in total. The van der Waals surface area contributed by atoms with Gasteiger partial charge < -0.3 is 15.7 Å². The predicted octanol–water partition coefficient (Wildman–Crippen LogP) is 3.68. The molecule has 7 heteroatoms. The van der Waals surface area contributed by atoms with Crippen molar-refractivity contribution in [3.05, 3.63) is 51.7 Å². The number of aryl methyl sites for hydroxylation is 1. The highest BCUT2D eigenvalue weighted by molar-refractivity contribution is 7.16. The van der Waals surface area contributed by atoms with Crippen molar-refractivity contribution in [1.82, 2.24) is 5.32 Å². The maximum Gasteiger partial charge on any atom is 0.238 e. The number of amides is 1. The number of anilines is 1. The van der Waals surface area contributed by atoms with Gasteiger partial charge in [0.15, 0.2) is 0 Å². The molecule has 3 N–H and O–H groups in total. The Labute approximate surface area is 168 Å². The lowest BCUT2D eigenvalue weighted by Gasteiger charge is -2.18. The number of nitriles is 1.